The van der Waals surface area contributed by atoms with E-state index in [2.05, 4.69) is 179 Å². The van der Waals surface area contributed by atoms with Gasteiger partial charge in [-0.15, -0.1) is 0 Å². The number of unbranched alkanes of at least 4 members (excludes halogenated alkanes) is 23. The fraction of sp³-hybridized carbons (Fsp3) is 0.651. The number of aliphatic hydroxyl groups excluding tert-OH is 2. The van der Waals surface area contributed by atoms with E-state index in [4.69, 9.17) is 32.3 Å². The van der Waals surface area contributed by atoms with E-state index in [1.54, 1.807) is 0 Å². The van der Waals surface area contributed by atoms with Crippen molar-refractivity contribution in [2.24, 2.45) is 0 Å². The fourth-order valence-electron chi connectivity index (χ4n) is 9.87. The molecule has 0 radical (unpaired) electrons. The van der Waals surface area contributed by atoms with Gasteiger partial charge in [-0.05, 0) is 148 Å². The highest BCUT2D eigenvalue weighted by atomic mass is 31.2. The van der Waals surface area contributed by atoms with Gasteiger partial charge < -0.3 is 34.2 Å². The molecule has 0 rings (SSSR count). The molecule has 0 amide bonds. The van der Waals surface area contributed by atoms with Crippen LogP contribution in [0.2, 0.25) is 0 Å². The molecule has 4 N–H and O–H groups in total. The Morgan fingerprint density at radius 3 is 0.832 bits per heavy atom. The van der Waals surface area contributed by atoms with Crippen molar-refractivity contribution in [3.05, 3.63) is 158 Å². The van der Waals surface area contributed by atoms with Crippen molar-refractivity contribution in [1.82, 2.24) is 0 Å². The molecule has 0 saturated heterocycles. The zero-order valence-electron chi connectivity index (χ0n) is 62.8. The molecule has 0 spiro atoms. The maximum atomic E-state index is 13.0. The summed E-state index contributed by atoms with van der Waals surface area (Å²) in [5.74, 6) is -1.62. The number of rotatable bonds is 72. The Balaban J connectivity index is 4.73. The van der Waals surface area contributed by atoms with E-state index in [9.17, 15) is 43.5 Å². The highest BCUT2D eigenvalue weighted by Gasteiger charge is 2.29. The first-order valence-electron chi connectivity index (χ1n) is 38.8. The van der Waals surface area contributed by atoms with Gasteiger partial charge in [0.2, 0.25) is 0 Å². The van der Waals surface area contributed by atoms with Crippen molar-refractivity contribution in [2.75, 3.05) is 39.6 Å². The lowest BCUT2D eigenvalue weighted by molar-refractivity contribution is -0.161. The van der Waals surface area contributed by atoms with Gasteiger partial charge in [0.25, 0.3) is 0 Å². The number of carbonyl (C=O) groups excluding carboxylic acids is 3. The van der Waals surface area contributed by atoms with Crippen molar-refractivity contribution >= 4 is 33.6 Å². The van der Waals surface area contributed by atoms with Crippen LogP contribution in [0.1, 0.15) is 290 Å². The highest BCUT2D eigenvalue weighted by Crippen LogP contribution is 2.45. The Morgan fingerprint density at radius 2 is 0.525 bits per heavy atom. The second-order valence-electron chi connectivity index (χ2n) is 25.4. The first-order valence-corrected chi connectivity index (χ1v) is 41.8. The van der Waals surface area contributed by atoms with Crippen LogP contribution in [0.15, 0.2) is 158 Å². The average molecular weight is 1450 g/mol. The van der Waals surface area contributed by atoms with Gasteiger partial charge in [0, 0.05) is 19.3 Å². The maximum Gasteiger partial charge on any atom is 0.472 e. The zero-order valence-corrected chi connectivity index (χ0v) is 64.6. The van der Waals surface area contributed by atoms with E-state index < -0.39 is 91.5 Å². The lowest BCUT2D eigenvalue weighted by Gasteiger charge is -2.21. The smallest absolute Gasteiger partial charge is 0.463 e. The molecule has 5 unspecified atom stereocenters. The van der Waals surface area contributed by atoms with Crippen molar-refractivity contribution < 1.29 is 75.8 Å². The van der Waals surface area contributed by atoms with E-state index in [-0.39, 0.29) is 19.3 Å². The van der Waals surface area contributed by atoms with E-state index in [1.807, 2.05) is 0 Å². The largest absolute Gasteiger partial charge is 0.472 e. The van der Waals surface area contributed by atoms with Gasteiger partial charge >= 0.3 is 33.6 Å². The molecule has 0 heterocycles. The number of allylic oxidation sites excluding steroid dienone is 26. The van der Waals surface area contributed by atoms with Crippen LogP contribution >= 0.6 is 15.6 Å². The quantitative estimate of drug-likeness (QED) is 0.0146. The van der Waals surface area contributed by atoms with Gasteiger partial charge in [0.1, 0.15) is 25.4 Å². The normalized spacial score (nSPS) is 14.9. The van der Waals surface area contributed by atoms with E-state index in [0.717, 1.165) is 212 Å². The number of phosphoric acid groups is 2. The number of ether oxygens (including phenoxy) is 3. The van der Waals surface area contributed by atoms with Gasteiger partial charge in [-0.3, -0.25) is 32.5 Å². The summed E-state index contributed by atoms with van der Waals surface area (Å²) in [7, 11) is -9.81. The number of carbonyl (C=O) groups is 3. The summed E-state index contributed by atoms with van der Waals surface area (Å²) in [5, 5.41) is 20.6. The summed E-state index contributed by atoms with van der Waals surface area (Å²) < 4.78 is 61.2. The van der Waals surface area contributed by atoms with Gasteiger partial charge in [0.15, 0.2) is 6.10 Å². The molecule has 101 heavy (non-hydrogen) atoms. The molecule has 5 atom stereocenters. The lowest BCUT2D eigenvalue weighted by Crippen LogP contribution is -2.30. The number of aliphatic hydroxyl groups is 2. The van der Waals surface area contributed by atoms with Crippen LogP contribution in [0.5, 0.6) is 0 Å². The molecular formula is C83H138O16P2. The molecule has 18 heteroatoms. The van der Waals surface area contributed by atoms with Crippen molar-refractivity contribution in [3.8, 4) is 0 Å². The summed E-state index contributed by atoms with van der Waals surface area (Å²) in [4.78, 5) is 58.7. The number of esters is 3. The monoisotopic (exact) mass is 1450 g/mol. The summed E-state index contributed by atoms with van der Waals surface area (Å²) >= 11 is 0. The predicted molar refractivity (Wildman–Crippen MR) is 417 cm³/mol. The number of phosphoric ester groups is 2. The van der Waals surface area contributed by atoms with E-state index in [0.29, 0.717) is 19.3 Å². The first kappa shape index (κ1) is 96.2. The molecule has 0 fully saturated rings. The summed E-state index contributed by atoms with van der Waals surface area (Å²) in [6.45, 7) is 2.38. The first-order chi connectivity index (χ1) is 49.2. The van der Waals surface area contributed by atoms with Crippen LogP contribution < -0.4 is 0 Å². The molecule has 0 aromatic heterocycles. The Kier molecular flexibility index (Phi) is 71.3. The van der Waals surface area contributed by atoms with Crippen LogP contribution in [-0.2, 0) is 55.8 Å². The lowest BCUT2D eigenvalue weighted by atomic mass is 10.1. The Labute approximate surface area is 612 Å². The van der Waals surface area contributed by atoms with Crippen LogP contribution in [0, 0.1) is 0 Å². The van der Waals surface area contributed by atoms with Crippen LogP contribution in [0.4, 0.5) is 0 Å². The molecule has 0 saturated carbocycles. The third-order valence-corrected chi connectivity index (χ3v) is 17.6. The molecule has 0 bridgehead atoms. The molecule has 0 aromatic carbocycles. The van der Waals surface area contributed by atoms with Crippen molar-refractivity contribution in [1.29, 1.82) is 0 Å². The summed E-state index contributed by atoms with van der Waals surface area (Å²) in [6.07, 6.45) is 92.7. The molecular weight excluding hydrogens is 1310 g/mol. The summed E-state index contributed by atoms with van der Waals surface area (Å²) in [6, 6.07) is 0. The highest BCUT2D eigenvalue weighted by molar-refractivity contribution is 7.47. The number of hydrogen-bond donors (Lipinski definition) is 4. The second kappa shape index (κ2) is 74.9. The van der Waals surface area contributed by atoms with Crippen molar-refractivity contribution in [3.63, 3.8) is 0 Å². The molecule has 16 nitrogen and oxygen atoms in total. The van der Waals surface area contributed by atoms with Gasteiger partial charge in [-0.1, -0.05) is 281 Å². The van der Waals surface area contributed by atoms with E-state index >= 15 is 0 Å². The van der Waals surface area contributed by atoms with Gasteiger partial charge in [-0.2, -0.15) is 0 Å². The molecule has 0 aliphatic heterocycles. The fourth-order valence-corrected chi connectivity index (χ4v) is 11.5. The topological polar surface area (TPSA) is 231 Å². The van der Waals surface area contributed by atoms with Gasteiger partial charge in [0.05, 0.1) is 26.4 Å². The zero-order chi connectivity index (χ0) is 73.7. The van der Waals surface area contributed by atoms with Crippen LogP contribution in [0.3, 0.4) is 0 Å². The maximum absolute atomic E-state index is 13.0. The van der Waals surface area contributed by atoms with Gasteiger partial charge in [-0.25, -0.2) is 9.13 Å². The standard InChI is InChI=1S/C83H138O16P2/c1-4-7-10-13-16-19-22-25-28-31-34-36-38-40-43-45-48-51-54-57-60-63-66-69-81(86)93-72-78(84)73-95-100(89,90)96-74-79(85)75-97-101(91,92)98-77-80(99-83(88)71-68-65-62-59-56-53-50-47-42-33-30-27-24-21-18-15-12-9-6-3)76-94-82(87)70-67-64-61-58-55-52-49-46-44-41-39-37-35-32-29-26-23-20-17-14-11-8-5-2/h7-8,10-11,16-21,25-30,34-37,40-44,47,78-80,84-85H,4-6,9,12-15,22-24,31-33,38-39,45-46,48-77H2,1-3H3,(H,89,90)(H,91,92)/b10-7-,11-8-,19-16-,20-17-,21-18-,28-25-,29-26-,30-27-,36-34-,37-35-,43-40-,44-41-,47-42-. The van der Waals surface area contributed by atoms with E-state index in [1.165, 1.54) is 19.3 Å². The third-order valence-electron chi connectivity index (χ3n) is 15.7. The second-order valence-corrected chi connectivity index (χ2v) is 28.3. The minimum atomic E-state index is -4.95. The minimum absolute atomic E-state index is 0.0820. The van der Waals surface area contributed by atoms with Crippen LogP contribution in [-0.4, -0.2) is 95.9 Å². The predicted octanol–water partition coefficient (Wildman–Crippen LogP) is 22.6. The average Bonchev–Trinajstić information content (AvgIpc) is 1.05. The van der Waals surface area contributed by atoms with Crippen molar-refractivity contribution in [2.45, 2.75) is 309 Å². The van der Waals surface area contributed by atoms with Crippen LogP contribution in [0.25, 0.3) is 0 Å². The summed E-state index contributed by atoms with van der Waals surface area (Å²) in [5.41, 5.74) is 0. The minimum Gasteiger partial charge on any atom is -0.463 e. The Morgan fingerprint density at radius 1 is 0.287 bits per heavy atom. The Hall–Kier alpha value is -4.83. The number of hydrogen-bond acceptors (Lipinski definition) is 14. The SMILES string of the molecule is CC/C=C\C/C=C\C/C=C\C/C=C\C/C=C\CCCCCCCCCC(=O)OCC(O)COP(=O)(O)OCC(O)COP(=O)(O)OCC(COC(=O)CCCCCCCCC/C=C\C/C=C\C/C=C\C/C=C\C/C=C\CC)OC(=O)CCCCCCCC/C=C\C/C=C\C/C=C\CCCCC. The molecule has 0 aromatic rings. The third kappa shape index (κ3) is 76.1. The Bertz CT molecular complexity index is 2470. The molecule has 576 valence electrons. The molecule has 0 aliphatic carbocycles. The molecule has 0 aliphatic rings.